The van der Waals surface area contributed by atoms with E-state index >= 15 is 0 Å². The molecule has 0 aliphatic heterocycles. The molecule has 0 saturated heterocycles. The number of nitrogens with zero attached hydrogens (tertiary/aromatic N) is 1. The Hall–Kier alpha value is -1.45. The van der Waals surface area contributed by atoms with Crippen LogP contribution in [0.2, 0.25) is 0 Å². The van der Waals surface area contributed by atoms with E-state index in [0.29, 0.717) is 12.5 Å². The first-order valence-electron chi connectivity index (χ1n) is 5.23. The number of aryl methyl sites for hydroxylation is 2. The maximum Gasteiger partial charge on any atom is 0.188 e. The lowest BCUT2D eigenvalue weighted by Gasteiger charge is -2.02. The summed E-state index contributed by atoms with van der Waals surface area (Å²) in [7, 11) is 0. The van der Waals surface area contributed by atoms with Gasteiger partial charge >= 0.3 is 0 Å². The maximum absolute atomic E-state index is 5.67. The lowest BCUT2D eigenvalue weighted by molar-refractivity contribution is 0.501. The Bertz CT molecular complexity index is 342. The van der Waals surface area contributed by atoms with Crippen LogP contribution in [0, 0.1) is 13.8 Å². The van der Waals surface area contributed by atoms with Crippen LogP contribution < -0.4 is 11.1 Å². The van der Waals surface area contributed by atoms with E-state index in [2.05, 4.69) is 17.2 Å². The van der Waals surface area contributed by atoms with Gasteiger partial charge in [-0.3, -0.25) is 0 Å². The first kappa shape index (κ1) is 11.6. The van der Waals surface area contributed by atoms with Crippen molar-refractivity contribution in [1.82, 2.24) is 5.32 Å². The number of rotatable bonds is 4. The first-order chi connectivity index (χ1) is 7.13. The van der Waals surface area contributed by atoms with Crippen LogP contribution in [0.1, 0.15) is 30.4 Å². The van der Waals surface area contributed by atoms with Gasteiger partial charge < -0.3 is 15.5 Å². The van der Waals surface area contributed by atoms with E-state index in [0.717, 1.165) is 30.0 Å². The minimum atomic E-state index is 0.495. The minimum Gasteiger partial charge on any atom is -0.466 e. The van der Waals surface area contributed by atoms with Crippen LogP contribution in [-0.2, 0) is 6.54 Å². The van der Waals surface area contributed by atoms with E-state index < -0.39 is 0 Å². The highest BCUT2D eigenvalue weighted by atomic mass is 16.3. The number of furan rings is 1. The summed E-state index contributed by atoms with van der Waals surface area (Å²) in [6.07, 6.45) is 1.04. The molecule has 0 aromatic carbocycles. The van der Waals surface area contributed by atoms with Gasteiger partial charge in [0.15, 0.2) is 5.96 Å². The molecule has 0 aliphatic rings. The van der Waals surface area contributed by atoms with Crippen LogP contribution in [0.4, 0.5) is 0 Å². The van der Waals surface area contributed by atoms with Gasteiger partial charge in [0.05, 0.1) is 6.54 Å². The second-order valence-corrected chi connectivity index (χ2v) is 3.57. The molecule has 0 radical (unpaired) electrons. The second kappa shape index (κ2) is 5.44. The zero-order valence-electron chi connectivity index (χ0n) is 9.63. The van der Waals surface area contributed by atoms with E-state index in [1.165, 1.54) is 0 Å². The van der Waals surface area contributed by atoms with Crippen molar-refractivity contribution >= 4 is 5.96 Å². The molecule has 0 fully saturated rings. The summed E-state index contributed by atoms with van der Waals surface area (Å²) in [5, 5.41) is 3.03. The minimum absolute atomic E-state index is 0.495. The quantitative estimate of drug-likeness (QED) is 0.586. The van der Waals surface area contributed by atoms with E-state index in [9.17, 15) is 0 Å². The topological polar surface area (TPSA) is 63.5 Å². The fraction of sp³-hybridized carbons (Fsp3) is 0.545. The van der Waals surface area contributed by atoms with E-state index in [-0.39, 0.29) is 0 Å². The van der Waals surface area contributed by atoms with Crippen LogP contribution in [0.25, 0.3) is 0 Å². The van der Waals surface area contributed by atoms with Crippen molar-refractivity contribution in [3.05, 3.63) is 23.2 Å². The highest BCUT2D eigenvalue weighted by molar-refractivity contribution is 5.77. The molecule has 0 atom stereocenters. The van der Waals surface area contributed by atoms with Gasteiger partial charge in [-0.2, -0.15) is 0 Å². The van der Waals surface area contributed by atoms with Gasteiger partial charge in [0.2, 0.25) is 0 Å². The average Bonchev–Trinajstić information content (AvgIpc) is 2.51. The van der Waals surface area contributed by atoms with Gasteiger partial charge in [0.25, 0.3) is 0 Å². The largest absolute Gasteiger partial charge is 0.466 e. The summed E-state index contributed by atoms with van der Waals surface area (Å²) in [6, 6.07) is 1.99. The van der Waals surface area contributed by atoms with Gasteiger partial charge in [0.1, 0.15) is 11.5 Å². The molecule has 15 heavy (non-hydrogen) atoms. The molecule has 0 spiro atoms. The van der Waals surface area contributed by atoms with Crippen molar-refractivity contribution in [3.8, 4) is 0 Å². The van der Waals surface area contributed by atoms with Crippen molar-refractivity contribution in [2.24, 2.45) is 10.7 Å². The van der Waals surface area contributed by atoms with Crippen LogP contribution in [0.15, 0.2) is 15.5 Å². The first-order valence-corrected chi connectivity index (χ1v) is 5.23. The molecular weight excluding hydrogens is 190 g/mol. The van der Waals surface area contributed by atoms with Crippen LogP contribution in [0.3, 0.4) is 0 Å². The predicted molar refractivity (Wildman–Crippen MR) is 61.8 cm³/mol. The van der Waals surface area contributed by atoms with Crippen LogP contribution in [-0.4, -0.2) is 12.5 Å². The Labute approximate surface area is 90.6 Å². The number of aliphatic imine (C=N–C) groups is 1. The molecule has 1 heterocycles. The lowest BCUT2D eigenvalue weighted by atomic mass is 10.2. The summed E-state index contributed by atoms with van der Waals surface area (Å²) >= 11 is 0. The summed E-state index contributed by atoms with van der Waals surface area (Å²) in [6.45, 7) is 7.39. The molecule has 0 aliphatic carbocycles. The maximum atomic E-state index is 5.67. The number of nitrogens with one attached hydrogen (secondary N) is 1. The predicted octanol–water partition coefficient (Wildman–Crippen LogP) is 1.71. The van der Waals surface area contributed by atoms with Gasteiger partial charge in [-0.1, -0.05) is 6.92 Å². The Morgan fingerprint density at radius 3 is 2.80 bits per heavy atom. The molecule has 3 N–H and O–H groups in total. The molecular formula is C11H19N3O. The molecule has 0 unspecified atom stereocenters. The fourth-order valence-corrected chi connectivity index (χ4v) is 1.32. The van der Waals surface area contributed by atoms with E-state index in [1.807, 2.05) is 19.9 Å². The average molecular weight is 209 g/mol. The zero-order chi connectivity index (χ0) is 11.3. The fourth-order valence-electron chi connectivity index (χ4n) is 1.32. The normalized spacial score (nSPS) is 11.8. The summed E-state index contributed by atoms with van der Waals surface area (Å²) in [5.41, 5.74) is 6.76. The number of hydrogen-bond acceptors (Lipinski definition) is 2. The lowest BCUT2D eigenvalue weighted by Crippen LogP contribution is -2.32. The number of guanidine groups is 1. The van der Waals surface area contributed by atoms with Crippen molar-refractivity contribution in [3.63, 3.8) is 0 Å². The number of hydrogen-bond donors (Lipinski definition) is 2. The Balaban J connectivity index is 2.51. The number of nitrogens with two attached hydrogens (primary N) is 1. The standard InChI is InChI=1S/C11H19N3O/c1-4-5-13-11(12)14-7-10-6-8(2)15-9(10)3/h6H,4-5,7H2,1-3H3,(H3,12,13,14). The van der Waals surface area contributed by atoms with Crippen molar-refractivity contribution in [1.29, 1.82) is 0 Å². The smallest absolute Gasteiger partial charge is 0.188 e. The molecule has 1 rings (SSSR count). The SMILES string of the molecule is CCCNC(N)=NCc1cc(C)oc1C. The molecule has 1 aromatic rings. The molecule has 1 aromatic heterocycles. The summed E-state index contributed by atoms with van der Waals surface area (Å²) < 4.78 is 5.40. The van der Waals surface area contributed by atoms with Gasteiger partial charge in [-0.15, -0.1) is 0 Å². The van der Waals surface area contributed by atoms with Crippen LogP contribution >= 0.6 is 0 Å². The Morgan fingerprint density at radius 1 is 1.53 bits per heavy atom. The third-order valence-corrected chi connectivity index (χ3v) is 2.12. The Morgan fingerprint density at radius 2 is 2.27 bits per heavy atom. The molecule has 0 amide bonds. The molecule has 0 bridgehead atoms. The molecule has 4 nitrogen and oxygen atoms in total. The Kier molecular flexibility index (Phi) is 4.21. The molecule has 4 heteroatoms. The highest BCUT2D eigenvalue weighted by Gasteiger charge is 2.03. The second-order valence-electron chi connectivity index (χ2n) is 3.57. The van der Waals surface area contributed by atoms with Crippen LogP contribution in [0.5, 0.6) is 0 Å². The van der Waals surface area contributed by atoms with Crippen molar-refractivity contribution < 1.29 is 4.42 Å². The van der Waals surface area contributed by atoms with E-state index in [4.69, 9.17) is 10.2 Å². The molecule has 0 saturated carbocycles. The molecule has 84 valence electrons. The third kappa shape index (κ3) is 3.65. The van der Waals surface area contributed by atoms with E-state index in [1.54, 1.807) is 0 Å². The zero-order valence-corrected chi connectivity index (χ0v) is 9.63. The van der Waals surface area contributed by atoms with Gasteiger partial charge in [0, 0.05) is 12.1 Å². The van der Waals surface area contributed by atoms with Crippen molar-refractivity contribution in [2.75, 3.05) is 6.54 Å². The van der Waals surface area contributed by atoms with Gasteiger partial charge in [-0.05, 0) is 26.3 Å². The summed E-state index contributed by atoms with van der Waals surface area (Å²) in [4.78, 5) is 4.23. The summed E-state index contributed by atoms with van der Waals surface area (Å²) in [5.74, 6) is 2.33. The highest BCUT2D eigenvalue weighted by Crippen LogP contribution is 2.14. The van der Waals surface area contributed by atoms with Crippen molar-refractivity contribution in [2.45, 2.75) is 33.7 Å². The third-order valence-electron chi connectivity index (χ3n) is 2.12. The monoisotopic (exact) mass is 209 g/mol. The van der Waals surface area contributed by atoms with Gasteiger partial charge in [-0.25, -0.2) is 4.99 Å².